The monoisotopic (exact) mass is 379 g/mol. The molecule has 0 radical (unpaired) electrons. The lowest BCUT2D eigenvalue weighted by atomic mass is 10.2. The fourth-order valence-corrected chi connectivity index (χ4v) is 5.62. The molecule has 0 saturated heterocycles. The van der Waals surface area contributed by atoms with Gasteiger partial charge in [0.25, 0.3) is 0 Å². The molecule has 0 bridgehead atoms. The number of rotatable bonds is 0. The first kappa shape index (κ1) is 14.8. The van der Waals surface area contributed by atoms with Crippen molar-refractivity contribution in [2.24, 2.45) is 0 Å². The molecule has 28 heavy (non-hydrogen) atoms. The van der Waals surface area contributed by atoms with Crippen molar-refractivity contribution in [3.05, 3.63) is 83.6 Å². The first-order valence-corrected chi connectivity index (χ1v) is 10.2. The van der Waals surface area contributed by atoms with E-state index in [0.717, 1.165) is 22.9 Å². The number of aromatic nitrogens is 1. The molecule has 2 aromatic carbocycles. The molecule has 0 N–H and O–H groups in total. The van der Waals surface area contributed by atoms with Crippen molar-refractivity contribution in [3.8, 4) is 0 Å². The highest BCUT2D eigenvalue weighted by Crippen LogP contribution is 2.46. The third kappa shape index (κ3) is 1.83. The fraction of sp³-hybridized carbons (Fsp3) is 0.0417. The number of fused-ring (bicyclic) bond motifs is 9. The molecule has 2 aliphatic heterocycles. The Labute approximate surface area is 164 Å². The summed E-state index contributed by atoms with van der Waals surface area (Å²) in [5.41, 5.74) is 5.60. The second kappa shape index (κ2) is 5.18. The standard InChI is InChI=1S/C24H15N2OS/c1-2-6-18-15(5-1)13-20-16-14-17-22(27-21(16)9-11-25(18)20)10-12-26-19-7-3-4-8-23(19)28-24(17)26/h1-11,13-14H,12H2/q+1. The Balaban J connectivity index is 1.61. The predicted octanol–water partition coefficient (Wildman–Crippen LogP) is 3.80. The Hall–Kier alpha value is -3.24. The zero-order valence-corrected chi connectivity index (χ0v) is 15.7. The summed E-state index contributed by atoms with van der Waals surface area (Å²) in [6.07, 6.45) is 4.30. The van der Waals surface area contributed by atoms with E-state index in [4.69, 9.17) is 4.42 Å². The van der Waals surface area contributed by atoms with E-state index in [1.807, 2.05) is 11.8 Å². The molecule has 0 atom stereocenters. The molecule has 5 heterocycles. The summed E-state index contributed by atoms with van der Waals surface area (Å²) in [5, 5.41) is 4.84. The molecule has 0 fully saturated rings. The Bertz CT molecular complexity index is 1580. The van der Waals surface area contributed by atoms with Crippen molar-refractivity contribution < 1.29 is 8.82 Å². The van der Waals surface area contributed by atoms with Gasteiger partial charge >= 0.3 is 0 Å². The summed E-state index contributed by atoms with van der Waals surface area (Å²) in [4.78, 5) is 3.70. The smallest absolute Gasteiger partial charge is 0.223 e. The Morgan fingerprint density at radius 3 is 2.82 bits per heavy atom. The van der Waals surface area contributed by atoms with Crippen molar-refractivity contribution >= 4 is 55.9 Å². The number of hydrogen-bond donors (Lipinski definition) is 0. The van der Waals surface area contributed by atoms with Crippen molar-refractivity contribution in [3.63, 3.8) is 0 Å². The van der Waals surface area contributed by atoms with Gasteiger partial charge in [-0.1, -0.05) is 36.0 Å². The van der Waals surface area contributed by atoms with Crippen LogP contribution in [0.1, 0.15) is 0 Å². The molecular formula is C24H15N2OS+. The number of thioether (sulfide) groups is 1. The van der Waals surface area contributed by atoms with Crippen LogP contribution in [0.2, 0.25) is 0 Å². The van der Waals surface area contributed by atoms with E-state index in [1.165, 1.54) is 37.3 Å². The number of hydrogen-bond acceptors (Lipinski definition) is 3. The van der Waals surface area contributed by atoms with E-state index in [0.29, 0.717) is 0 Å². The van der Waals surface area contributed by atoms with Gasteiger partial charge in [-0.25, -0.2) is 0 Å². The molecule has 3 nitrogen and oxygen atoms in total. The van der Waals surface area contributed by atoms with Crippen LogP contribution < -0.4 is 19.9 Å². The Morgan fingerprint density at radius 1 is 0.929 bits per heavy atom. The lowest BCUT2D eigenvalue weighted by Gasteiger charge is -2.21. The number of pyridine rings is 1. The number of benzene rings is 2. The fourth-order valence-electron chi connectivity index (χ4n) is 4.43. The third-order valence-corrected chi connectivity index (χ3v) is 6.93. The second-order valence-electron chi connectivity index (χ2n) is 7.27. The van der Waals surface area contributed by atoms with Crippen LogP contribution in [-0.2, 0) is 0 Å². The molecule has 0 saturated carbocycles. The van der Waals surface area contributed by atoms with E-state index < -0.39 is 0 Å². The van der Waals surface area contributed by atoms with Crippen molar-refractivity contribution in [1.82, 2.24) is 0 Å². The van der Waals surface area contributed by atoms with Crippen molar-refractivity contribution in [2.45, 2.75) is 4.90 Å². The predicted molar refractivity (Wildman–Crippen MR) is 114 cm³/mol. The largest absolute Gasteiger partial charge is 0.456 e. The van der Waals surface area contributed by atoms with Crippen LogP contribution in [0.15, 0.2) is 82.2 Å². The summed E-state index contributed by atoms with van der Waals surface area (Å²) in [5.74, 6) is 0. The molecule has 132 valence electrons. The van der Waals surface area contributed by atoms with Gasteiger partial charge in [-0.2, -0.15) is 4.40 Å². The Morgan fingerprint density at radius 2 is 1.82 bits per heavy atom. The number of nitrogens with zero attached hydrogens (tertiary/aromatic N) is 2. The van der Waals surface area contributed by atoms with Crippen LogP contribution >= 0.6 is 11.8 Å². The summed E-state index contributed by atoms with van der Waals surface area (Å²) >= 11 is 1.84. The minimum absolute atomic E-state index is 0.846. The molecule has 4 heteroatoms. The third-order valence-electron chi connectivity index (χ3n) is 5.74. The lowest BCUT2D eigenvalue weighted by molar-refractivity contribution is -0.478. The average Bonchev–Trinajstić information content (AvgIpc) is 3.31. The Kier molecular flexibility index (Phi) is 2.73. The quantitative estimate of drug-likeness (QED) is 0.382. The van der Waals surface area contributed by atoms with Gasteiger partial charge in [0.05, 0.1) is 21.5 Å². The lowest BCUT2D eigenvalue weighted by Crippen LogP contribution is -2.37. The highest BCUT2D eigenvalue weighted by molar-refractivity contribution is 8.08. The summed E-state index contributed by atoms with van der Waals surface area (Å²) in [6.45, 7) is 0.846. The van der Waals surface area contributed by atoms with Crippen LogP contribution in [-0.4, -0.2) is 6.54 Å². The van der Waals surface area contributed by atoms with Crippen molar-refractivity contribution in [2.75, 3.05) is 11.4 Å². The maximum absolute atomic E-state index is 6.37. The van der Waals surface area contributed by atoms with Gasteiger partial charge in [0, 0.05) is 34.9 Å². The topological polar surface area (TPSA) is 20.5 Å². The van der Waals surface area contributed by atoms with E-state index >= 15 is 0 Å². The van der Waals surface area contributed by atoms with Gasteiger partial charge in [0.2, 0.25) is 11.0 Å². The molecule has 0 spiro atoms. The molecular weight excluding hydrogens is 364 g/mol. The van der Waals surface area contributed by atoms with Crippen LogP contribution in [0.5, 0.6) is 0 Å². The van der Waals surface area contributed by atoms with Gasteiger partial charge in [-0.15, -0.1) is 0 Å². The van der Waals surface area contributed by atoms with Gasteiger partial charge in [0.15, 0.2) is 6.20 Å². The first-order chi connectivity index (χ1) is 13.9. The highest BCUT2D eigenvalue weighted by Gasteiger charge is 2.27. The van der Waals surface area contributed by atoms with E-state index in [2.05, 4.69) is 88.3 Å². The maximum atomic E-state index is 6.37. The van der Waals surface area contributed by atoms with E-state index in [-0.39, 0.29) is 0 Å². The maximum Gasteiger partial charge on any atom is 0.223 e. The average molecular weight is 379 g/mol. The minimum Gasteiger partial charge on any atom is -0.456 e. The molecule has 0 aliphatic carbocycles. The first-order valence-electron chi connectivity index (χ1n) is 9.41. The summed E-state index contributed by atoms with van der Waals surface area (Å²) < 4.78 is 8.62. The number of anilines is 1. The SMILES string of the molecule is C1=c2oc3cc[n+]4c5ccccc5cc4c3cc2=C2Sc3ccccc3N2C1. The van der Waals surface area contributed by atoms with Crippen LogP contribution in [0.4, 0.5) is 5.69 Å². The van der Waals surface area contributed by atoms with Crippen LogP contribution in [0, 0.1) is 0 Å². The normalized spacial score (nSPS) is 15.0. The van der Waals surface area contributed by atoms with Crippen molar-refractivity contribution in [1.29, 1.82) is 0 Å². The van der Waals surface area contributed by atoms with E-state index in [1.54, 1.807) is 0 Å². The number of para-hydroxylation sites is 2. The highest BCUT2D eigenvalue weighted by atomic mass is 32.2. The van der Waals surface area contributed by atoms with Crippen LogP contribution in [0.25, 0.3) is 38.5 Å². The molecule has 2 aliphatic rings. The molecule has 0 unspecified atom stereocenters. The molecule has 3 aromatic heterocycles. The van der Waals surface area contributed by atoms with Gasteiger partial charge < -0.3 is 9.32 Å². The zero-order valence-electron chi connectivity index (χ0n) is 14.9. The van der Waals surface area contributed by atoms with Crippen LogP contribution in [0.3, 0.4) is 0 Å². The molecule has 0 amide bonds. The zero-order chi connectivity index (χ0) is 18.2. The van der Waals surface area contributed by atoms with Gasteiger partial charge in [-0.05, 0) is 30.3 Å². The minimum atomic E-state index is 0.846. The molecule has 7 rings (SSSR count). The van der Waals surface area contributed by atoms with Gasteiger partial charge in [-0.3, -0.25) is 0 Å². The van der Waals surface area contributed by atoms with E-state index in [9.17, 15) is 0 Å². The summed E-state index contributed by atoms with van der Waals surface area (Å²) in [6, 6.07) is 23.8. The van der Waals surface area contributed by atoms with Gasteiger partial charge in [0.1, 0.15) is 11.0 Å². The summed E-state index contributed by atoms with van der Waals surface area (Å²) in [7, 11) is 0. The molecule has 5 aromatic rings. The second-order valence-corrected chi connectivity index (χ2v) is 8.30.